The predicted molar refractivity (Wildman–Crippen MR) is 89.4 cm³/mol. The molecule has 0 bridgehead atoms. The molecule has 2 aliphatic heterocycles. The molecular weight excluding hydrogens is 276 g/mol. The Balaban J connectivity index is 2.24. The number of allylic oxidation sites excluding steroid dienone is 2. The first-order valence-electron chi connectivity index (χ1n) is 7.52. The zero-order valence-electron chi connectivity index (χ0n) is 13.1. The van der Waals surface area contributed by atoms with Gasteiger partial charge < -0.3 is 14.2 Å². The number of benzene rings is 1. The van der Waals surface area contributed by atoms with Gasteiger partial charge >= 0.3 is 0 Å². The van der Waals surface area contributed by atoms with Gasteiger partial charge in [0.05, 0.1) is 11.2 Å². The Morgan fingerprint density at radius 2 is 2.09 bits per heavy atom. The minimum Gasteiger partial charge on any atom is -0.468 e. The monoisotopic (exact) mass is 294 g/mol. The van der Waals surface area contributed by atoms with Crippen molar-refractivity contribution in [2.24, 2.45) is 0 Å². The summed E-state index contributed by atoms with van der Waals surface area (Å²) >= 11 is 0. The van der Waals surface area contributed by atoms with E-state index in [0.717, 1.165) is 39.2 Å². The highest BCUT2D eigenvalue weighted by molar-refractivity contribution is 6.01. The second-order valence-corrected chi connectivity index (χ2v) is 5.93. The second kappa shape index (κ2) is 4.26. The molecule has 1 aromatic carbocycles. The molecule has 4 nitrogen and oxygen atoms in total. The summed E-state index contributed by atoms with van der Waals surface area (Å²) in [7, 11) is 0. The van der Waals surface area contributed by atoms with Crippen LogP contribution < -0.4 is 15.2 Å². The van der Waals surface area contributed by atoms with E-state index in [0.29, 0.717) is 13.3 Å². The average Bonchev–Trinajstić information content (AvgIpc) is 2.91. The highest BCUT2D eigenvalue weighted by atomic mass is 16.5. The van der Waals surface area contributed by atoms with Gasteiger partial charge in [-0.05, 0) is 44.1 Å². The third kappa shape index (κ3) is 1.49. The molecule has 112 valence electrons. The zero-order chi connectivity index (χ0) is 15.6. The van der Waals surface area contributed by atoms with Crippen LogP contribution in [-0.2, 0) is 6.54 Å². The van der Waals surface area contributed by atoms with Crippen LogP contribution in [0.2, 0.25) is 0 Å². The highest BCUT2D eigenvalue weighted by Crippen LogP contribution is 2.49. The second-order valence-electron chi connectivity index (χ2n) is 5.93. The van der Waals surface area contributed by atoms with Crippen LogP contribution in [-0.4, -0.2) is 11.3 Å². The van der Waals surface area contributed by atoms with Crippen molar-refractivity contribution in [2.45, 2.75) is 27.3 Å². The molecule has 4 rings (SSSR count). The summed E-state index contributed by atoms with van der Waals surface area (Å²) in [5.74, 6) is 0.809. The number of nitrogens with zero attached hydrogens (tertiary/aromatic N) is 2. The fraction of sp³-hybridized carbons (Fsp3) is 0.278. The first-order valence-corrected chi connectivity index (χ1v) is 7.52. The van der Waals surface area contributed by atoms with E-state index in [1.165, 1.54) is 5.57 Å². The number of aryl methyl sites for hydroxylation is 2. The van der Waals surface area contributed by atoms with Crippen LogP contribution >= 0.6 is 0 Å². The Morgan fingerprint density at radius 3 is 2.82 bits per heavy atom. The molecule has 0 saturated carbocycles. The molecule has 0 unspecified atom stereocenters. The molecular formula is C18H18N2O2. The van der Waals surface area contributed by atoms with Gasteiger partial charge in [-0.25, -0.2) is 0 Å². The number of aromatic nitrogens is 1. The minimum atomic E-state index is 0.0210. The molecule has 3 heterocycles. The Bertz CT molecular complexity index is 934. The van der Waals surface area contributed by atoms with E-state index in [1.54, 1.807) is 10.6 Å². The summed E-state index contributed by atoms with van der Waals surface area (Å²) in [5.41, 5.74) is 6.23. The van der Waals surface area contributed by atoms with Crippen molar-refractivity contribution in [3.8, 4) is 5.75 Å². The van der Waals surface area contributed by atoms with Gasteiger partial charge in [-0.1, -0.05) is 6.58 Å². The van der Waals surface area contributed by atoms with Gasteiger partial charge in [0.2, 0.25) is 0 Å². The Morgan fingerprint density at radius 1 is 1.32 bits per heavy atom. The lowest BCUT2D eigenvalue weighted by molar-refractivity contribution is 0.356. The normalized spacial score (nSPS) is 15.9. The van der Waals surface area contributed by atoms with Crippen LogP contribution in [0, 0.1) is 6.92 Å². The van der Waals surface area contributed by atoms with Crippen molar-refractivity contribution in [1.82, 2.24) is 4.57 Å². The number of pyridine rings is 1. The molecule has 0 fully saturated rings. The standard InChI is InChI=1S/C18H18N2O2/c1-5-19-15(21)7-11(3)14-8-13-10(2)6-12(4)20-9-22-18(16(14)19)17(13)20/h6-8H,4-5,9H2,1-3H3. The molecule has 0 saturated heterocycles. The number of rotatable bonds is 1. The fourth-order valence-corrected chi connectivity index (χ4v) is 3.50. The lowest BCUT2D eigenvalue weighted by atomic mass is 9.95. The quantitative estimate of drug-likeness (QED) is 0.808. The van der Waals surface area contributed by atoms with E-state index in [-0.39, 0.29) is 5.56 Å². The van der Waals surface area contributed by atoms with Gasteiger partial charge in [-0.2, -0.15) is 0 Å². The van der Waals surface area contributed by atoms with Gasteiger partial charge in [0.15, 0.2) is 12.5 Å². The summed E-state index contributed by atoms with van der Waals surface area (Å²) in [5, 5.41) is 1.08. The van der Waals surface area contributed by atoms with E-state index >= 15 is 0 Å². The molecule has 0 spiro atoms. The molecule has 4 heteroatoms. The van der Waals surface area contributed by atoms with E-state index in [2.05, 4.69) is 30.5 Å². The number of ether oxygens (including phenoxy) is 1. The highest BCUT2D eigenvalue weighted by Gasteiger charge is 2.32. The summed E-state index contributed by atoms with van der Waals surface area (Å²) in [6.07, 6.45) is 2.08. The lowest BCUT2D eigenvalue weighted by Gasteiger charge is -2.26. The van der Waals surface area contributed by atoms with Gasteiger partial charge in [0.1, 0.15) is 0 Å². The van der Waals surface area contributed by atoms with E-state index < -0.39 is 0 Å². The zero-order valence-corrected chi connectivity index (χ0v) is 13.1. The van der Waals surface area contributed by atoms with Gasteiger partial charge in [-0.3, -0.25) is 4.79 Å². The maximum atomic E-state index is 12.3. The van der Waals surface area contributed by atoms with Crippen molar-refractivity contribution in [3.63, 3.8) is 0 Å². The van der Waals surface area contributed by atoms with Crippen molar-refractivity contribution in [2.75, 3.05) is 11.6 Å². The van der Waals surface area contributed by atoms with Gasteiger partial charge in [-0.15, -0.1) is 0 Å². The van der Waals surface area contributed by atoms with Crippen LogP contribution in [0.25, 0.3) is 16.5 Å². The van der Waals surface area contributed by atoms with Crippen LogP contribution in [0.4, 0.5) is 5.69 Å². The van der Waals surface area contributed by atoms with Crippen LogP contribution in [0.1, 0.15) is 25.0 Å². The fourth-order valence-electron chi connectivity index (χ4n) is 3.50. The Kier molecular flexibility index (Phi) is 2.55. The SMILES string of the molecule is C=C1C=C(C)c2cc3c(C)cc(=O)n(CC)c3c3c2N1CO3. The van der Waals surface area contributed by atoms with Crippen LogP contribution in [0.15, 0.2) is 35.3 Å². The molecule has 0 aliphatic carbocycles. The minimum absolute atomic E-state index is 0.0210. The first-order chi connectivity index (χ1) is 10.5. The summed E-state index contributed by atoms with van der Waals surface area (Å²) in [4.78, 5) is 14.4. The van der Waals surface area contributed by atoms with E-state index in [9.17, 15) is 4.79 Å². The van der Waals surface area contributed by atoms with Gasteiger partial charge in [0.25, 0.3) is 5.56 Å². The molecule has 0 N–H and O–H groups in total. The van der Waals surface area contributed by atoms with Crippen LogP contribution in [0.3, 0.4) is 0 Å². The maximum absolute atomic E-state index is 12.3. The third-order valence-electron chi connectivity index (χ3n) is 4.61. The van der Waals surface area contributed by atoms with E-state index in [4.69, 9.17) is 4.74 Å². The molecule has 2 aliphatic rings. The topological polar surface area (TPSA) is 34.5 Å². The van der Waals surface area contributed by atoms with Crippen molar-refractivity contribution >= 4 is 22.2 Å². The summed E-state index contributed by atoms with van der Waals surface area (Å²) in [6.45, 7) is 11.2. The number of anilines is 1. The third-order valence-corrected chi connectivity index (χ3v) is 4.61. The average molecular weight is 294 g/mol. The molecule has 0 amide bonds. The molecule has 0 radical (unpaired) electrons. The smallest absolute Gasteiger partial charge is 0.251 e. The summed E-state index contributed by atoms with van der Waals surface area (Å²) < 4.78 is 7.77. The maximum Gasteiger partial charge on any atom is 0.251 e. The molecule has 0 atom stereocenters. The number of hydrogen-bond donors (Lipinski definition) is 0. The predicted octanol–water partition coefficient (Wildman–Crippen LogP) is 3.42. The van der Waals surface area contributed by atoms with Crippen molar-refractivity contribution in [1.29, 1.82) is 0 Å². The van der Waals surface area contributed by atoms with E-state index in [1.807, 2.05) is 13.8 Å². The first kappa shape index (κ1) is 13.2. The molecule has 22 heavy (non-hydrogen) atoms. The Labute approximate surface area is 128 Å². The van der Waals surface area contributed by atoms with Crippen molar-refractivity contribution < 1.29 is 4.74 Å². The molecule has 1 aromatic heterocycles. The van der Waals surface area contributed by atoms with Crippen LogP contribution in [0.5, 0.6) is 5.75 Å². The number of hydrogen-bond acceptors (Lipinski definition) is 3. The number of fused-ring (bicyclic) bond motifs is 2. The van der Waals surface area contributed by atoms with Crippen molar-refractivity contribution in [3.05, 3.63) is 52.0 Å². The Hall–Kier alpha value is -2.49. The largest absolute Gasteiger partial charge is 0.468 e. The van der Waals surface area contributed by atoms with Gasteiger partial charge in [0, 0.05) is 29.3 Å². The lowest BCUT2D eigenvalue weighted by Crippen LogP contribution is -2.22. The molecule has 2 aromatic rings. The summed E-state index contributed by atoms with van der Waals surface area (Å²) in [6, 6.07) is 3.88.